The van der Waals surface area contributed by atoms with Crippen molar-refractivity contribution in [3.05, 3.63) is 45.9 Å². The number of nitrogens with zero attached hydrogens (tertiary/aromatic N) is 1. The number of carbonyl (C=O) groups excluding carboxylic acids is 1. The van der Waals surface area contributed by atoms with Gasteiger partial charge < -0.3 is 10.1 Å². The minimum absolute atomic E-state index is 0.0129. The number of aromatic nitrogens is 1. The van der Waals surface area contributed by atoms with Gasteiger partial charge in [0.05, 0.1) is 23.9 Å². The molecule has 0 saturated carbocycles. The van der Waals surface area contributed by atoms with Gasteiger partial charge in [-0.2, -0.15) is 0 Å². The molecule has 98 valence electrons. The second-order valence-electron chi connectivity index (χ2n) is 4.47. The number of fused-ring (bicyclic) bond motifs is 1. The van der Waals surface area contributed by atoms with E-state index in [9.17, 15) is 4.79 Å². The van der Waals surface area contributed by atoms with Crippen LogP contribution in [-0.2, 0) is 0 Å². The third-order valence-corrected chi connectivity index (χ3v) is 4.14. The normalized spacial score (nSPS) is 17.4. The number of benzene rings is 1. The Hall–Kier alpha value is -1.88. The molecule has 0 bridgehead atoms. The van der Waals surface area contributed by atoms with Crippen molar-refractivity contribution < 1.29 is 9.53 Å². The van der Waals surface area contributed by atoms with Crippen LogP contribution >= 0.6 is 11.3 Å². The van der Waals surface area contributed by atoms with Gasteiger partial charge in [-0.15, -0.1) is 11.3 Å². The van der Waals surface area contributed by atoms with Crippen LogP contribution in [0.1, 0.15) is 33.4 Å². The van der Waals surface area contributed by atoms with Crippen molar-refractivity contribution >= 4 is 17.2 Å². The lowest BCUT2D eigenvalue weighted by Gasteiger charge is -2.26. The predicted octanol–water partition coefficient (Wildman–Crippen LogP) is 2.71. The van der Waals surface area contributed by atoms with Crippen molar-refractivity contribution in [2.75, 3.05) is 6.61 Å². The fraction of sp³-hybridized carbons (Fsp3) is 0.286. The van der Waals surface area contributed by atoms with Crippen molar-refractivity contribution in [1.82, 2.24) is 10.3 Å². The molecule has 19 heavy (non-hydrogen) atoms. The summed E-state index contributed by atoms with van der Waals surface area (Å²) < 4.78 is 5.59. The molecule has 0 aliphatic carbocycles. The first-order valence-corrected chi connectivity index (χ1v) is 7.06. The summed E-state index contributed by atoms with van der Waals surface area (Å²) in [5.74, 6) is 0.807. The highest BCUT2D eigenvalue weighted by Crippen LogP contribution is 2.31. The van der Waals surface area contributed by atoms with E-state index in [1.807, 2.05) is 31.2 Å². The third-order valence-electron chi connectivity index (χ3n) is 3.22. The first-order chi connectivity index (χ1) is 9.25. The molecule has 1 aliphatic rings. The summed E-state index contributed by atoms with van der Waals surface area (Å²) in [6.45, 7) is 2.48. The zero-order valence-corrected chi connectivity index (χ0v) is 11.4. The smallest absolute Gasteiger partial charge is 0.263 e. The van der Waals surface area contributed by atoms with Crippen molar-refractivity contribution in [3.8, 4) is 5.75 Å². The molecule has 2 heterocycles. The Kier molecular flexibility index (Phi) is 3.21. The van der Waals surface area contributed by atoms with Gasteiger partial charge in [0, 0.05) is 12.0 Å². The van der Waals surface area contributed by atoms with E-state index in [-0.39, 0.29) is 11.9 Å². The summed E-state index contributed by atoms with van der Waals surface area (Å²) in [5.41, 5.74) is 3.52. The molecule has 3 rings (SSSR count). The second kappa shape index (κ2) is 5.01. The Morgan fingerprint density at radius 3 is 3.11 bits per heavy atom. The summed E-state index contributed by atoms with van der Waals surface area (Å²) in [6, 6.07) is 7.85. The molecule has 2 aromatic rings. The maximum atomic E-state index is 12.2. The number of ether oxygens (including phenoxy) is 1. The van der Waals surface area contributed by atoms with Gasteiger partial charge in [0.25, 0.3) is 5.91 Å². The van der Waals surface area contributed by atoms with Crippen molar-refractivity contribution in [1.29, 1.82) is 0 Å². The SMILES string of the molecule is Cc1ncsc1C(=O)N[C@H]1CCOc2ccccc21. The van der Waals surface area contributed by atoms with Gasteiger partial charge in [-0.1, -0.05) is 18.2 Å². The van der Waals surface area contributed by atoms with Gasteiger partial charge in [0.1, 0.15) is 10.6 Å². The highest BCUT2D eigenvalue weighted by Gasteiger charge is 2.24. The lowest BCUT2D eigenvalue weighted by Crippen LogP contribution is -2.32. The molecule has 0 saturated heterocycles. The maximum absolute atomic E-state index is 12.2. The molecule has 1 aliphatic heterocycles. The van der Waals surface area contributed by atoms with Gasteiger partial charge in [-0.25, -0.2) is 4.98 Å². The molecule has 1 aromatic heterocycles. The summed E-state index contributed by atoms with van der Waals surface area (Å²) in [5, 5.41) is 3.07. The van der Waals surface area contributed by atoms with Gasteiger partial charge in [0.15, 0.2) is 0 Å². The monoisotopic (exact) mass is 274 g/mol. The first kappa shape index (κ1) is 12.2. The van der Waals surface area contributed by atoms with Gasteiger partial charge in [-0.3, -0.25) is 4.79 Å². The molecule has 0 radical (unpaired) electrons. The van der Waals surface area contributed by atoms with Crippen LogP contribution in [0.4, 0.5) is 0 Å². The van der Waals surface area contributed by atoms with Crippen LogP contribution in [0.15, 0.2) is 29.8 Å². The van der Waals surface area contributed by atoms with E-state index in [4.69, 9.17) is 4.74 Å². The highest BCUT2D eigenvalue weighted by atomic mass is 32.1. The lowest BCUT2D eigenvalue weighted by molar-refractivity contribution is 0.0928. The number of para-hydroxylation sites is 1. The number of amides is 1. The summed E-state index contributed by atoms with van der Waals surface area (Å²) in [4.78, 5) is 17.0. The van der Waals surface area contributed by atoms with Crippen LogP contribution in [0.2, 0.25) is 0 Å². The number of rotatable bonds is 2. The molecule has 1 amide bonds. The molecule has 1 atom stereocenters. The summed E-state index contributed by atoms with van der Waals surface area (Å²) in [6.07, 6.45) is 0.792. The van der Waals surface area contributed by atoms with E-state index < -0.39 is 0 Å². The first-order valence-electron chi connectivity index (χ1n) is 6.18. The van der Waals surface area contributed by atoms with E-state index in [2.05, 4.69) is 10.3 Å². The molecule has 0 spiro atoms. The Balaban J connectivity index is 1.82. The zero-order chi connectivity index (χ0) is 13.2. The standard InChI is InChI=1S/C14H14N2O2S/c1-9-13(19-8-15-9)14(17)16-11-6-7-18-12-5-3-2-4-10(11)12/h2-5,8,11H,6-7H2,1H3,(H,16,17)/t11-/m0/s1. The molecule has 1 N–H and O–H groups in total. The summed E-state index contributed by atoms with van der Waals surface area (Å²) in [7, 11) is 0. The number of hydrogen-bond donors (Lipinski definition) is 1. The van der Waals surface area contributed by atoms with Crippen LogP contribution < -0.4 is 10.1 Å². The topological polar surface area (TPSA) is 51.2 Å². The Morgan fingerprint density at radius 1 is 1.47 bits per heavy atom. The maximum Gasteiger partial charge on any atom is 0.263 e. The minimum Gasteiger partial charge on any atom is -0.493 e. The number of nitrogens with one attached hydrogen (secondary N) is 1. The molecule has 5 heteroatoms. The van der Waals surface area contributed by atoms with E-state index >= 15 is 0 Å². The van der Waals surface area contributed by atoms with Crippen molar-refractivity contribution in [2.45, 2.75) is 19.4 Å². The molecule has 1 aromatic carbocycles. The van der Waals surface area contributed by atoms with Gasteiger partial charge >= 0.3 is 0 Å². The molecule has 0 fully saturated rings. The van der Waals surface area contributed by atoms with Gasteiger partial charge in [-0.05, 0) is 13.0 Å². The molecule has 0 unspecified atom stereocenters. The molecular formula is C14H14N2O2S. The van der Waals surface area contributed by atoms with Crippen LogP contribution in [-0.4, -0.2) is 17.5 Å². The number of carbonyl (C=O) groups is 1. The number of aryl methyl sites for hydroxylation is 1. The molecule has 4 nitrogen and oxygen atoms in total. The van der Waals surface area contributed by atoms with Crippen LogP contribution in [0.5, 0.6) is 5.75 Å². The van der Waals surface area contributed by atoms with Crippen LogP contribution in [0.25, 0.3) is 0 Å². The average molecular weight is 274 g/mol. The van der Waals surface area contributed by atoms with Gasteiger partial charge in [0.2, 0.25) is 0 Å². The zero-order valence-electron chi connectivity index (χ0n) is 10.6. The Morgan fingerprint density at radius 2 is 2.32 bits per heavy atom. The highest BCUT2D eigenvalue weighted by molar-refractivity contribution is 7.11. The predicted molar refractivity (Wildman–Crippen MR) is 73.6 cm³/mol. The third kappa shape index (κ3) is 2.33. The van der Waals surface area contributed by atoms with Crippen molar-refractivity contribution in [2.24, 2.45) is 0 Å². The second-order valence-corrected chi connectivity index (χ2v) is 5.32. The van der Waals surface area contributed by atoms with Crippen LogP contribution in [0.3, 0.4) is 0 Å². The van der Waals surface area contributed by atoms with E-state index in [0.717, 1.165) is 23.4 Å². The lowest BCUT2D eigenvalue weighted by atomic mass is 10.0. The number of hydrogen-bond acceptors (Lipinski definition) is 4. The largest absolute Gasteiger partial charge is 0.493 e. The van der Waals surface area contributed by atoms with Crippen molar-refractivity contribution in [3.63, 3.8) is 0 Å². The molecular weight excluding hydrogens is 260 g/mol. The van der Waals surface area contributed by atoms with E-state index in [1.165, 1.54) is 11.3 Å². The quantitative estimate of drug-likeness (QED) is 0.916. The Labute approximate surface area is 115 Å². The van der Waals surface area contributed by atoms with Crippen LogP contribution in [0, 0.1) is 6.92 Å². The average Bonchev–Trinajstić information content (AvgIpc) is 2.85. The number of thiazole rings is 1. The Bertz CT molecular complexity index is 609. The van der Waals surface area contributed by atoms with E-state index in [1.54, 1.807) is 5.51 Å². The fourth-order valence-corrected chi connectivity index (χ4v) is 2.94. The minimum atomic E-state index is -0.0540. The van der Waals surface area contributed by atoms with E-state index in [0.29, 0.717) is 11.5 Å². The summed E-state index contributed by atoms with van der Waals surface area (Å²) >= 11 is 1.37. The fourth-order valence-electron chi connectivity index (χ4n) is 2.24.